The molecular weight excluding hydrogens is 346 g/mol. The highest BCUT2D eigenvalue weighted by Crippen LogP contribution is 2.24. The maximum Gasteiger partial charge on any atom is 0.231 e. The molecule has 26 heavy (non-hydrogen) atoms. The van der Waals surface area contributed by atoms with Gasteiger partial charge in [-0.2, -0.15) is 5.26 Å². The van der Waals surface area contributed by atoms with E-state index in [0.29, 0.717) is 11.7 Å². The Kier molecular flexibility index (Phi) is 6.58. The third-order valence-corrected chi connectivity index (χ3v) is 5.15. The molecule has 1 N–H and O–H groups in total. The molecule has 0 spiro atoms. The van der Waals surface area contributed by atoms with E-state index in [1.54, 1.807) is 13.0 Å². The Hall–Kier alpha value is -2.59. The van der Waals surface area contributed by atoms with Crippen molar-refractivity contribution in [2.75, 3.05) is 5.75 Å². The van der Waals surface area contributed by atoms with Crippen LogP contribution in [0.25, 0.3) is 11.4 Å². The molecule has 1 heterocycles. The van der Waals surface area contributed by atoms with Crippen LogP contribution < -0.4 is 5.32 Å². The SMILES string of the molecule is C=CCn1c(SCC(=O)N[C@@](C)(C#N)C(C)C)nnc1-c1ccccc1. The predicted molar refractivity (Wildman–Crippen MR) is 103 cm³/mol. The van der Waals surface area contributed by atoms with Crippen LogP contribution in [0.3, 0.4) is 0 Å². The van der Waals surface area contributed by atoms with Gasteiger partial charge in [-0.15, -0.1) is 16.8 Å². The maximum absolute atomic E-state index is 12.3. The lowest BCUT2D eigenvalue weighted by atomic mass is 9.90. The van der Waals surface area contributed by atoms with Gasteiger partial charge >= 0.3 is 0 Å². The quantitative estimate of drug-likeness (QED) is 0.570. The molecule has 0 saturated heterocycles. The molecule has 0 bridgehead atoms. The third kappa shape index (κ3) is 4.52. The molecule has 7 heteroatoms. The first-order chi connectivity index (χ1) is 12.4. The van der Waals surface area contributed by atoms with E-state index < -0.39 is 5.54 Å². The van der Waals surface area contributed by atoms with Crippen LogP contribution in [0.4, 0.5) is 0 Å². The molecule has 2 aromatic rings. The van der Waals surface area contributed by atoms with Crippen molar-refractivity contribution in [3.63, 3.8) is 0 Å². The number of thioether (sulfide) groups is 1. The lowest BCUT2D eigenvalue weighted by Crippen LogP contribution is -2.49. The fraction of sp³-hybridized carbons (Fsp3) is 0.368. The fourth-order valence-electron chi connectivity index (χ4n) is 2.25. The number of aromatic nitrogens is 3. The Morgan fingerprint density at radius 1 is 1.42 bits per heavy atom. The second kappa shape index (κ2) is 8.68. The number of nitriles is 1. The number of hydrogen-bond acceptors (Lipinski definition) is 5. The summed E-state index contributed by atoms with van der Waals surface area (Å²) in [6, 6.07) is 11.9. The van der Waals surface area contributed by atoms with E-state index in [9.17, 15) is 10.1 Å². The van der Waals surface area contributed by atoms with Gasteiger partial charge < -0.3 is 5.32 Å². The van der Waals surface area contributed by atoms with Crippen molar-refractivity contribution < 1.29 is 4.79 Å². The number of carbonyl (C=O) groups is 1. The maximum atomic E-state index is 12.3. The number of hydrogen-bond donors (Lipinski definition) is 1. The zero-order valence-corrected chi connectivity index (χ0v) is 16.1. The highest BCUT2D eigenvalue weighted by atomic mass is 32.2. The predicted octanol–water partition coefficient (Wildman–Crippen LogP) is 3.28. The van der Waals surface area contributed by atoms with Crippen molar-refractivity contribution in [2.24, 2.45) is 5.92 Å². The topological polar surface area (TPSA) is 83.6 Å². The van der Waals surface area contributed by atoms with Crippen molar-refractivity contribution >= 4 is 17.7 Å². The average molecular weight is 369 g/mol. The summed E-state index contributed by atoms with van der Waals surface area (Å²) in [7, 11) is 0. The number of allylic oxidation sites excluding steroid dienone is 1. The highest BCUT2D eigenvalue weighted by molar-refractivity contribution is 7.99. The van der Waals surface area contributed by atoms with E-state index in [0.717, 1.165) is 11.4 Å². The van der Waals surface area contributed by atoms with Gasteiger partial charge in [-0.3, -0.25) is 9.36 Å². The van der Waals surface area contributed by atoms with Gasteiger partial charge in [0.25, 0.3) is 0 Å². The molecule has 136 valence electrons. The van der Waals surface area contributed by atoms with Crippen LogP contribution >= 0.6 is 11.8 Å². The van der Waals surface area contributed by atoms with Crippen molar-refractivity contribution in [3.05, 3.63) is 43.0 Å². The summed E-state index contributed by atoms with van der Waals surface area (Å²) in [4.78, 5) is 12.3. The molecule has 2 rings (SSSR count). The first-order valence-corrected chi connectivity index (χ1v) is 9.34. The summed E-state index contributed by atoms with van der Waals surface area (Å²) in [6.07, 6.45) is 1.77. The Balaban J connectivity index is 2.13. The summed E-state index contributed by atoms with van der Waals surface area (Å²) in [6.45, 7) is 9.87. The summed E-state index contributed by atoms with van der Waals surface area (Å²) in [5, 5.41) is 21.2. The number of benzene rings is 1. The van der Waals surface area contributed by atoms with Gasteiger partial charge in [-0.25, -0.2) is 0 Å². The van der Waals surface area contributed by atoms with E-state index in [1.165, 1.54) is 11.8 Å². The molecule has 0 saturated carbocycles. The zero-order valence-electron chi connectivity index (χ0n) is 15.3. The summed E-state index contributed by atoms with van der Waals surface area (Å²) < 4.78 is 1.92. The first kappa shape index (κ1) is 19.7. The standard InChI is InChI=1S/C19H23N5OS/c1-5-11-24-17(15-9-7-6-8-10-15)22-23-18(24)26-12-16(25)21-19(4,13-20)14(2)3/h5-10,14H,1,11-12H2,2-4H3,(H,21,25)/t19-/m0/s1. The zero-order chi connectivity index (χ0) is 19.2. The largest absolute Gasteiger partial charge is 0.337 e. The second-order valence-electron chi connectivity index (χ2n) is 6.38. The van der Waals surface area contributed by atoms with Crippen molar-refractivity contribution in [1.29, 1.82) is 5.26 Å². The van der Waals surface area contributed by atoms with Crippen LogP contribution in [-0.4, -0.2) is 32.0 Å². The molecule has 1 aromatic carbocycles. The van der Waals surface area contributed by atoms with Crippen LogP contribution in [0, 0.1) is 17.2 Å². The van der Waals surface area contributed by atoms with Crippen LogP contribution in [0.5, 0.6) is 0 Å². The molecule has 1 atom stereocenters. The minimum Gasteiger partial charge on any atom is -0.337 e. The summed E-state index contributed by atoms with van der Waals surface area (Å²) in [5.41, 5.74) is 0.0664. The molecule has 0 fully saturated rings. The van der Waals surface area contributed by atoms with Gasteiger partial charge in [0.05, 0.1) is 11.8 Å². The molecule has 0 radical (unpaired) electrons. The van der Waals surface area contributed by atoms with Crippen LogP contribution in [0.1, 0.15) is 20.8 Å². The molecule has 6 nitrogen and oxygen atoms in total. The fourth-order valence-corrected chi connectivity index (χ4v) is 2.99. The van der Waals surface area contributed by atoms with Gasteiger partial charge in [-0.05, 0) is 12.8 Å². The van der Waals surface area contributed by atoms with Crippen LogP contribution in [0.2, 0.25) is 0 Å². The summed E-state index contributed by atoms with van der Waals surface area (Å²) in [5.74, 6) is 0.698. The minimum atomic E-state index is -0.887. The van der Waals surface area contributed by atoms with Crippen LogP contribution in [-0.2, 0) is 11.3 Å². The van der Waals surface area contributed by atoms with Crippen LogP contribution in [0.15, 0.2) is 48.1 Å². The van der Waals surface area contributed by atoms with E-state index in [1.807, 2.05) is 48.7 Å². The molecular formula is C19H23N5OS. The lowest BCUT2D eigenvalue weighted by Gasteiger charge is -2.27. The van der Waals surface area contributed by atoms with Crippen molar-refractivity contribution in [3.8, 4) is 17.5 Å². The number of nitrogens with zero attached hydrogens (tertiary/aromatic N) is 4. The number of nitrogens with one attached hydrogen (secondary N) is 1. The van der Waals surface area contributed by atoms with E-state index in [4.69, 9.17) is 0 Å². The summed E-state index contributed by atoms with van der Waals surface area (Å²) >= 11 is 1.29. The van der Waals surface area contributed by atoms with Gasteiger partial charge in [0.1, 0.15) is 5.54 Å². The Labute approximate surface area is 158 Å². The van der Waals surface area contributed by atoms with Gasteiger partial charge in [0.15, 0.2) is 11.0 Å². The molecule has 1 amide bonds. The number of carbonyl (C=O) groups excluding carboxylic acids is 1. The molecule has 0 aliphatic rings. The Morgan fingerprint density at radius 2 is 2.12 bits per heavy atom. The second-order valence-corrected chi connectivity index (χ2v) is 7.32. The monoisotopic (exact) mass is 369 g/mol. The number of rotatable bonds is 8. The van der Waals surface area contributed by atoms with Gasteiger partial charge in [-0.1, -0.05) is 62.0 Å². The molecule has 0 unspecified atom stereocenters. The van der Waals surface area contributed by atoms with Crippen molar-refractivity contribution in [1.82, 2.24) is 20.1 Å². The first-order valence-electron chi connectivity index (χ1n) is 8.36. The smallest absolute Gasteiger partial charge is 0.231 e. The Morgan fingerprint density at radius 3 is 2.69 bits per heavy atom. The Bertz CT molecular complexity index is 809. The molecule has 0 aliphatic carbocycles. The van der Waals surface area contributed by atoms with Gasteiger partial charge in [0.2, 0.25) is 5.91 Å². The van der Waals surface area contributed by atoms with Gasteiger partial charge in [0, 0.05) is 12.1 Å². The molecule has 0 aliphatic heterocycles. The lowest BCUT2D eigenvalue weighted by molar-refractivity contribution is -0.120. The van der Waals surface area contributed by atoms with E-state index in [2.05, 4.69) is 28.2 Å². The highest BCUT2D eigenvalue weighted by Gasteiger charge is 2.30. The van der Waals surface area contributed by atoms with E-state index in [-0.39, 0.29) is 17.6 Å². The minimum absolute atomic E-state index is 0.00977. The normalized spacial score (nSPS) is 13.0. The van der Waals surface area contributed by atoms with Crippen molar-refractivity contribution in [2.45, 2.75) is 38.0 Å². The molecule has 1 aromatic heterocycles. The number of amides is 1. The van der Waals surface area contributed by atoms with E-state index >= 15 is 0 Å². The third-order valence-electron chi connectivity index (χ3n) is 4.18. The average Bonchev–Trinajstić information content (AvgIpc) is 3.03.